The Morgan fingerprint density at radius 2 is 0.818 bits per heavy atom. The standard InChI is InChI=1S/C58H50N4O4/c1-5-35-12-20-39(21-13-35)52-45-28-29-46(59-45)53(40-22-14-36(6-2)15-23-40)48-32-33-50(61-48)55(42-26-18-38(8-4)19-27-42)56-43(10-9-11-44(57(63)64)58(65)66)34-51(62-56)54(49-31-30-47(52)60-49)41-24-16-37(7-3)17-25-41/h9-34,59,62H,5-8H2,1-4H3,(H,63,64)(H,65,66)/b10-9+,52-45?,52-47?,53-46?,53-48?,54-49?,54-51?,55-50?,56-55?. The Hall–Kier alpha value is -8.10. The van der Waals surface area contributed by atoms with E-state index in [1.807, 2.05) is 12.1 Å². The summed E-state index contributed by atoms with van der Waals surface area (Å²) in [7, 11) is 0. The van der Waals surface area contributed by atoms with Crippen molar-refractivity contribution in [3.05, 3.63) is 184 Å². The quantitative estimate of drug-likeness (QED) is 0.0418. The maximum atomic E-state index is 11.9. The molecule has 0 spiro atoms. The number of benzene rings is 4. The van der Waals surface area contributed by atoms with Gasteiger partial charge in [-0.15, -0.1) is 0 Å². The number of hydrogen-bond donors (Lipinski definition) is 4. The molecule has 0 atom stereocenters. The number of nitrogens with zero attached hydrogens (tertiary/aromatic N) is 2. The summed E-state index contributed by atoms with van der Waals surface area (Å²) in [4.78, 5) is 42.5. The van der Waals surface area contributed by atoms with Gasteiger partial charge in [0.05, 0.1) is 28.3 Å². The second kappa shape index (κ2) is 18.6. The predicted molar refractivity (Wildman–Crippen MR) is 271 cm³/mol. The van der Waals surface area contributed by atoms with E-state index in [9.17, 15) is 19.8 Å². The van der Waals surface area contributed by atoms with Crippen LogP contribution in [0.5, 0.6) is 0 Å². The van der Waals surface area contributed by atoms with Crippen molar-refractivity contribution in [3.63, 3.8) is 0 Å². The summed E-state index contributed by atoms with van der Waals surface area (Å²) in [6, 6.07) is 40.6. The van der Waals surface area contributed by atoms with Gasteiger partial charge in [-0.05, 0) is 119 Å². The number of aryl methyl sites for hydroxylation is 4. The minimum atomic E-state index is -1.52. The predicted octanol–water partition coefficient (Wildman–Crippen LogP) is 13.7. The van der Waals surface area contributed by atoms with Crippen LogP contribution < -0.4 is 0 Å². The molecule has 0 fully saturated rings. The van der Waals surface area contributed by atoms with Crippen LogP contribution in [0.3, 0.4) is 0 Å². The summed E-state index contributed by atoms with van der Waals surface area (Å²) in [5, 5.41) is 19.4. The van der Waals surface area contributed by atoms with Crippen LogP contribution in [0.4, 0.5) is 0 Å². The number of carboxylic acids is 2. The van der Waals surface area contributed by atoms with E-state index in [1.54, 1.807) is 6.08 Å². The monoisotopic (exact) mass is 866 g/mol. The average Bonchev–Trinajstić information content (AvgIpc) is 4.19. The number of aliphatic carboxylic acids is 2. The van der Waals surface area contributed by atoms with Crippen molar-refractivity contribution in [3.8, 4) is 44.5 Å². The van der Waals surface area contributed by atoms with Gasteiger partial charge in [0.15, 0.2) is 0 Å². The molecule has 0 saturated heterocycles. The zero-order valence-corrected chi connectivity index (χ0v) is 37.4. The Bertz CT molecular complexity index is 3290. The van der Waals surface area contributed by atoms with Crippen LogP contribution >= 0.6 is 0 Å². The van der Waals surface area contributed by atoms with E-state index in [0.29, 0.717) is 5.56 Å². The highest BCUT2D eigenvalue weighted by atomic mass is 16.4. The van der Waals surface area contributed by atoms with E-state index in [1.165, 1.54) is 28.3 Å². The summed E-state index contributed by atoms with van der Waals surface area (Å²) >= 11 is 0. The number of fused-ring (bicyclic) bond motifs is 8. The Balaban J connectivity index is 1.48. The highest BCUT2D eigenvalue weighted by molar-refractivity contribution is 6.13. The molecule has 4 N–H and O–H groups in total. The molecule has 2 aliphatic rings. The van der Waals surface area contributed by atoms with Gasteiger partial charge >= 0.3 is 11.9 Å². The first-order chi connectivity index (χ1) is 32.2. The summed E-state index contributed by atoms with van der Waals surface area (Å²) in [5.41, 5.74) is 18.7. The highest BCUT2D eigenvalue weighted by Crippen LogP contribution is 2.40. The van der Waals surface area contributed by atoms with E-state index >= 15 is 0 Å². The minimum absolute atomic E-state index is 0.700. The maximum Gasteiger partial charge on any atom is 0.343 e. The van der Waals surface area contributed by atoms with Crippen LogP contribution in [-0.2, 0) is 35.3 Å². The molecule has 326 valence electrons. The molecule has 8 bridgehead atoms. The molecule has 7 aromatic rings. The fourth-order valence-corrected chi connectivity index (χ4v) is 8.77. The molecule has 9 rings (SSSR count). The lowest BCUT2D eigenvalue weighted by Crippen LogP contribution is -2.10. The third-order valence-corrected chi connectivity index (χ3v) is 12.5. The van der Waals surface area contributed by atoms with Crippen molar-refractivity contribution < 1.29 is 19.8 Å². The highest BCUT2D eigenvalue weighted by Gasteiger charge is 2.21. The number of aromatic nitrogens is 4. The van der Waals surface area contributed by atoms with Crippen molar-refractivity contribution in [1.82, 2.24) is 19.9 Å². The maximum absolute atomic E-state index is 11.9. The Kier molecular flexibility index (Phi) is 12.1. The van der Waals surface area contributed by atoms with Gasteiger partial charge in [0.25, 0.3) is 0 Å². The van der Waals surface area contributed by atoms with Crippen LogP contribution in [0.25, 0.3) is 97.0 Å². The lowest BCUT2D eigenvalue weighted by molar-refractivity contribution is -0.140. The molecule has 4 aromatic carbocycles. The van der Waals surface area contributed by atoms with E-state index in [4.69, 9.17) is 9.97 Å². The van der Waals surface area contributed by atoms with E-state index in [0.717, 1.165) is 121 Å². The fourth-order valence-electron chi connectivity index (χ4n) is 8.77. The van der Waals surface area contributed by atoms with Gasteiger partial charge in [-0.3, -0.25) is 0 Å². The SMILES string of the molecule is CCc1ccc(-c2c3nc(c(-c4ccc(CC)cc4)c4cc(/C=C/C=C(C(=O)O)C(=O)O)c([nH]4)c(-c4ccc(CC)cc4)c4nc(c(-c5ccc(CC)cc5)c5ccc2[nH]5)C=C4)C=C3)cc1. The number of carbonyl (C=O) groups is 2. The fraction of sp³-hybridized carbons (Fsp3) is 0.138. The van der Waals surface area contributed by atoms with Gasteiger partial charge in [-0.2, -0.15) is 0 Å². The number of hydrogen-bond acceptors (Lipinski definition) is 4. The lowest BCUT2D eigenvalue weighted by Gasteiger charge is -2.08. The molecule has 3 aromatic heterocycles. The zero-order chi connectivity index (χ0) is 45.9. The molecule has 0 unspecified atom stereocenters. The summed E-state index contributed by atoms with van der Waals surface area (Å²) < 4.78 is 0. The molecule has 0 radical (unpaired) electrons. The third kappa shape index (κ3) is 8.49. The largest absolute Gasteiger partial charge is 0.477 e. The van der Waals surface area contributed by atoms with Crippen LogP contribution in [0.1, 0.15) is 78.3 Å². The molecule has 8 heteroatoms. The molecule has 0 saturated carbocycles. The van der Waals surface area contributed by atoms with Crippen molar-refractivity contribution in [2.75, 3.05) is 0 Å². The molecule has 66 heavy (non-hydrogen) atoms. The number of nitrogens with one attached hydrogen (secondary N) is 2. The minimum Gasteiger partial charge on any atom is -0.477 e. The normalized spacial score (nSPS) is 11.9. The average molecular weight is 867 g/mol. The lowest BCUT2D eigenvalue weighted by atomic mass is 9.99. The topological polar surface area (TPSA) is 132 Å². The number of carboxylic acid groups (broad SMARTS) is 2. The van der Waals surface area contributed by atoms with E-state index in [-0.39, 0.29) is 0 Å². The van der Waals surface area contributed by atoms with Crippen molar-refractivity contribution >= 4 is 64.4 Å². The summed E-state index contributed by atoms with van der Waals surface area (Å²) in [5.74, 6) is -3.05. The molecular weight excluding hydrogens is 817 g/mol. The second-order valence-corrected chi connectivity index (χ2v) is 16.5. The molecule has 8 nitrogen and oxygen atoms in total. The Labute approximate surface area is 384 Å². The summed E-state index contributed by atoms with van der Waals surface area (Å²) in [6.07, 6.45) is 16.2. The van der Waals surface area contributed by atoms with Gasteiger partial charge in [0.2, 0.25) is 0 Å². The smallest absolute Gasteiger partial charge is 0.343 e. The van der Waals surface area contributed by atoms with Gasteiger partial charge in [0.1, 0.15) is 5.57 Å². The molecule has 0 amide bonds. The van der Waals surface area contributed by atoms with Crippen LogP contribution in [0, 0.1) is 0 Å². The first-order valence-corrected chi connectivity index (χ1v) is 22.6. The Morgan fingerprint density at radius 1 is 0.470 bits per heavy atom. The van der Waals surface area contributed by atoms with Crippen LogP contribution in [-0.4, -0.2) is 42.1 Å². The van der Waals surface area contributed by atoms with Gasteiger partial charge in [-0.1, -0.05) is 137 Å². The van der Waals surface area contributed by atoms with Crippen LogP contribution in [0.2, 0.25) is 0 Å². The first kappa shape index (κ1) is 43.2. The summed E-state index contributed by atoms with van der Waals surface area (Å²) in [6.45, 7) is 8.57. The van der Waals surface area contributed by atoms with Crippen molar-refractivity contribution in [1.29, 1.82) is 0 Å². The number of rotatable bonds is 12. The number of H-pyrrole nitrogens is 2. The van der Waals surface area contributed by atoms with Crippen LogP contribution in [0.15, 0.2) is 133 Å². The molecule has 5 heterocycles. The molecule has 0 aliphatic carbocycles. The number of allylic oxidation sites excluding steroid dienone is 2. The van der Waals surface area contributed by atoms with Crippen molar-refractivity contribution in [2.45, 2.75) is 53.4 Å². The van der Waals surface area contributed by atoms with E-state index < -0.39 is 17.5 Å². The van der Waals surface area contributed by atoms with Gasteiger partial charge < -0.3 is 20.2 Å². The van der Waals surface area contributed by atoms with E-state index in [2.05, 4.69) is 165 Å². The zero-order valence-electron chi connectivity index (χ0n) is 37.4. The first-order valence-electron chi connectivity index (χ1n) is 22.6. The molecular formula is C58H50N4O4. The van der Waals surface area contributed by atoms with Crippen molar-refractivity contribution in [2.24, 2.45) is 0 Å². The second-order valence-electron chi connectivity index (χ2n) is 16.5. The van der Waals surface area contributed by atoms with Gasteiger partial charge in [0, 0.05) is 44.4 Å². The molecule has 2 aliphatic heterocycles. The number of aromatic amines is 2. The van der Waals surface area contributed by atoms with Gasteiger partial charge in [-0.25, -0.2) is 19.6 Å². The third-order valence-electron chi connectivity index (χ3n) is 12.5. The Morgan fingerprint density at radius 3 is 1.18 bits per heavy atom.